The Labute approximate surface area is 149 Å². The fraction of sp³-hybridized carbons (Fsp3) is 0.474. The molecular formula is C19H24N2O3S. The fourth-order valence-electron chi connectivity index (χ4n) is 3.61. The molecule has 1 saturated heterocycles. The van der Waals surface area contributed by atoms with E-state index in [1.807, 2.05) is 32.9 Å². The van der Waals surface area contributed by atoms with Gasteiger partial charge in [0.05, 0.1) is 22.6 Å². The van der Waals surface area contributed by atoms with Gasteiger partial charge in [-0.15, -0.1) is 0 Å². The third-order valence-electron chi connectivity index (χ3n) is 5.00. The standard InChI is InChI=1S/C19H24N2O3S/c1-12-9-13(2)18-16(10-12)17(11-14(3)20-18)19(22)21(4)15-5-7-25(23,24)8-6-15/h9-11,15H,5-8H2,1-4H3. The number of pyridine rings is 1. The van der Waals surface area contributed by atoms with E-state index in [2.05, 4.69) is 11.1 Å². The molecule has 0 saturated carbocycles. The van der Waals surface area contributed by atoms with Crippen LogP contribution in [0.5, 0.6) is 0 Å². The number of hydrogen-bond donors (Lipinski definition) is 0. The molecule has 1 fully saturated rings. The maximum absolute atomic E-state index is 13.1. The summed E-state index contributed by atoms with van der Waals surface area (Å²) in [7, 11) is -1.17. The highest BCUT2D eigenvalue weighted by Gasteiger charge is 2.29. The first kappa shape index (κ1) is 17.9. The predicted molar refractivity (Wildman–Crippen MR) is 99.7 cm³/mol. The molecule has 5 nitrogen and oxygen atoms in total. The van der Waals surface area contributed by atoms with Gasteiger partial charge < -0.3 is 4.90 Å². The molecule has 1 aliphatic heterocycles. The number of benzene rings is 1. The molecule has 0 radical (unpaired) electrons. The summed E-state index contributed by atoms with van der Waals surface area (Å²) < 4.78 is 23.3. The lowest BCUT2D eigenvalue weighted by atomic mass is 10.00. The molecule has 3 rings (SSSR count). The van der Waals surface area contributed by atoms with E-state index in [9.17, 15) is 13.2 Å². The summed E-state index contributed by atoms with van der Waals surface area (Å²) in [5, 5.41) is 0.864. The maximum atomic E-state index is 13.1. The Morgan fingerprint density at radius 1 is 1.12 bits per heavy atom. The SMILES string of the molecule is Cc1cc(C)c2nc(C)cc(C(=O)N(C)C3CCS(=O)(=O)CC3)c2c1. The molecule has 2 aromatic rings. The number of nitrogens with zero attached hydrogens (tertiary/aromatic N) is 2. The van der Waals surface area contributed by atoms with Crippen molar-refractivity contribution >= 4 is 26.6 Å². The Morgan fingerprint density at radius 2 is 1.76 bits per heavy atom. The lowest BCUT2D eigenvalue weighted by Crippen LogP contribution is -2.42. The molecule has 0 N–H and O–H groups in total. The summed E-state index contributed by atoms with van der Waals surface area (Å²) in [5.74, 6) is 0.248. The lowest BCUT2D eigenvalue weighted by Gasteiger charge is -2.31. The van der Waals surface area contributed by atoms with Gasteiger partial charge in [-0.3, -0.25) is 9.78 Å². The van der Waals surface area contributed by atoms with Crippen LogP contribution >= 0.6 is 0 Å². The van der Waals surface area contributed by atoms with E-state index >= 15 is 0 Å². The Balaban J connectivity index is 1.99. The van der Waals surface area contributed by atoms with Gasteiger partial charge in [0.1, 0.15) is 9.84 Å². The van der Waals surface area contributed by atoms with Crippen LogP contribution in [0, 0.1) is 20.8 Å². The van der Waals surface area contributed by atoms with E-state index in [4.69, 9.17) is 0 Å². The lowest BCUT2D eigenvalue weighted by molar-refractivity contribution is 0.0723. The average molecular weight is 360 g/mol. The molecule has 2 heterocycles. The monoisotopic (exact) mass is 360 g/mol. The third-order valence-corrected chi connectivity index (χ3v) is 6.71. The minimum absolute atomic E-state index is 0.0366. The first-order valence-corrected chi connectivity index (χ1v) is 10.4. The van der Waals surface area contributed by atoms with Crippen molar-refractivity contribution in [1.82, 2.24) is 9.88 Å². The summed E-state index contributed by atoms with van der Waals surface area (Å²) in [6.07, 6.45) is 1.01. The molecule has 25 heavy (non-hydrogen) atoms. The van der Waals surface area contributed by atoms with Crippen molar-refractivity contribution in [1.29, 1.82) is 0 Å². The molecule has 1 amide bonds. The number of carbonyl (C=O) groups excluding carboxylic acids is 1. The summed E-state index contributed by atoms with van der Waals surface area (Å²) in [6.45, 7) is 5.91. The number of aryl methyl sites for hydroxylation is 3. The highest BCUT2D eigenvalue weighted by Crippen LogP contribution is 2.26. The zero-order valence-electron chi connectivity index (χ0n) is 15.2. The molecule has 0 aliphatic carbocycles. The zero-order valence-corrected chi connectivity index (χ0v) is 16.0. The number of sulfone groups is 1. The van der Waals surface area contributed by atoms with Gasteiger partial charge in [0.15, 0.2) is 0 Å². The number of carbonyl (C=O) groups is 1. The molecule has 0 atom stereocenters. The summed E-state index contributed by atoms with van der Waals surface area (Å²) >= 11 is 0. The molecular weight excluding hydrogens is 336 g/mol. The predicted octanol–water partition coefficient (Wildman–Crippen LogP) is 2.81. The number of fused-ring (bicyclic) bond motifs is 1. The molecule has 0 bridgehead atoms. The van der Waals surface area contributed by atoms with Crippen molar-refractivity contribution in [2.75, 3.05) is 18.6 Å². The van der Waals surface area contributed by atoms with Gasteiger partial charge in [-0.1, -0.05) is 11.6 Å². The number of amides is 1. The minimum atomic E-state index is -2.94. The summed E-state index contributed by atoms with van der Waals surface area (Å²) in [4.78, 5) is 19.5. The van der Waals surface area contributed by atoms with E-state index in [-0.39, 0.29) is 23.5 Å². The highest BCUT2D eigenvalue weighted by molar-refractivity contribution is 7.91. The number of aromatic nitrogens is 1. The normalized spacial score (nSPS) is 17.6. The third kappa shape index (κ3) is 3.54. The van der Waals surface area contributed by atoms with Crippen LogP contribution < -0.4 is 0 Å². The van der Waals surface area contributed by atoms with Gasteiger partial charge in [0, 0.05) is 24.2 Å². The van der Waals surface area contributed by atoms with E-state index in [1.165, 1.54) is 0 Å². The van der Waals surface area contributed by atoms with Crippen molar-refractivity contribution in [3.05, 3.63) is 40.6 Å². The van der Waals surface area contributed by atoms with Crippen molar-refractivity contribution in [3.63, 3.8) is 0 Å². The largest absolute Gasteiger partial charge is 0.339 e. The van der Waals surface area contributed by atoms with Gasteiger partial charge in [0.25, 0.3) is 5.91 Å². The van der Waals surface area contributed by atoms with Crippen LogP contribution in [0.1, 0.15) is 40.0 Å². The topological polar surface area (TPSA) is 67.3 Å². The van der Waals surface area contributed by atoms with Crippen molar-refractivity contribution in [2.24, 2.45) is 0 Å². The van der Waals surface area contributed by atoms with Crippen LogP contribution in [0.4, 0.5) is 0 Å². The molecule has 6 heteroatoms. The number of hydrogen-bond acceptors (Lipinski definition) is 4. The van der Waals surface area contributed by atoms with Crippen LogP contribution in [0.15, 0.2) is 18.2 Å². The first-order valence-electron chi connectivity index (χ1n) is 8.54. The van der Waals surface area contributed by atoms with Crippen LogP contribution in [0.2, 0.25) is 0 Å². The van der Waals surface area contributed by atoms with Gasteiger partial charge in [-0.2, -0.15) is 0 Å². The smallest absolute Gasteiger partial charge is 0.254 e. The van der Waals surface area contributed by atoms with Crippen molar-refractivity contribution < 1.29 is 13.2 Å². The Hall–Kier alpha value is -1.95. The second kappa shape index (κ2) is 6.41. The molecule has 0 spiro atoms. The highest BCUT2D eigenvalue weighted by atomic mass is 32.2. The van der Waals surface area contributed by atoms with Crippen LogP contribution in [-0.2, 0) is 9.84 Å². The van der Waals surface area contributed by atoms with Gasteiger partial charge in [-0.05, 0) is 51.3 Å². The van der Waals surface area contributed by atoms with Crippen LogP contribution in [-0.4, -0.2) is 48.8 Å². The molecule has 1 aromatic carbocycles. The molecule has 1 aromatic heterocycles. The second-order valence-electron chi connectivity index (χ2n) is 7.09. The quantitative estimate of drug-likeness (QED) is 0.826. The molecule has 134 valence electrons. The van der Waals surface area contributed by atoms with Gasteiger partial charge in [-0.25, -0.2) is 8.42 Å². The Kier molecular flexibility index (Phi) is 4.58. The van der Waals surface area contributed by atoms with Crippen molar-refractivity contribution in [2.45, 2.75) is 39.7 Å². The second-order valence-corrected chi connectivity index (χ2v) is 9.39. The minimum Gasteiger partial charge on any atom is -0.339 e. The fourth-order valence-corrected chi connectivity index (χ4v) is 5.07. The van der Waals surface area contributed by atoms with Gasteiger partial charge >= 0.3 is 0 Å². The summed E-state index contributed by atoms with van der Waals surface area (Å²) in [6, 6.07) is 5.87. The van der Waals surface area contributed by atoms with Gasteiger partial charge in [0.2, 0.25) is 0 Å². The van der Waals surface area contributed by atoms with Crippen molar-refractivity contribution in [3.8, 4) is 0 Å². The van der Waals surface area contributed by atoms with E-state index in [1.54, 1.807) is 11.9 Å². The first-order chi connectivity index (χ1) is 11.7. The molecule has 1 aliphatic rings. The van der Waals surface area contributed by atoms with E-state index in [0.717, 1.165) is 27.7 Å². The Morgan fingerprint density at radius 3 is 2.40 bits per heavy atom. The zero-order chi connectivity index (χ0) is 18.4. The molecule has 0 unspecified atom stereocenters. The Bertz CT molecular complexity index is 937. The van der Waals surface area contributed by atoms with Crippen LogP contribution in [0.25, 0.3) is 10.9 Å². The van der Waals surface area contributed by atoms with E-state index < -0.39 is 9.84 Å². The number of rotatable bonds is 2. The average Bonchev–Trinajstić information content (AvgIpc) is 2.53. The maximum Gasteiger partial charge on any atom is 0.254 e. The van der Waals surface area contributed by atoms with E-state index in [0.29, 0.717) is 18.4 Å². The van der Waals surface area contributed by atoms with Crippen LogP contribution in [0.3, 0.4) is 0 Å². The summed E-state index contributed by atoms with van der Waals surface area (Å²) in [5.41, 5.74) is 4.46.